The summed E-state index contributed by atoms with van der Waals surface area (Å²) in [5, 5.41) is 22.4. The summed E-state index contributed by atoms with van der Waals surface area (Å²) in [7, 11) is 1.99. The first-order chi connectivity index (χ1) is 14.5. The Bertz CT molecular complexity index is 907. The monoisotopic (exact) mass is 443 g/mol. The summed E-state index contributed by atoms with van der Waals surface area (Å²) >= 11 is 3.43. The number of carbonyl (C=O) groups excluding carboxylic acids is 1. The van der Waals surface area contributed by atoms with Gasteiger partial charge in [0.15, 0.2) is 5.66 Å². The van der Waals surface area contributed by atoms with Crippen LogP contribution < -0.4 is 5.32 Å². The molecule has 1 aromatic carbocycles. The molecule has 4 rings (SSSR count). The number of hydrogen-bond acceptors (Lipinski definition) is 8. The van der Waals surface area contributed by atoms with E-state index < -0.39 is 0 Å². The van der Waals surface area contributed by atoms with Gasteiger partial charge in [-0.3, -0.25) is 14.7 Å². The molecule has 0 spiro atoms. The third-order valence-corrected chi connectivity index (χ3v) is 8.24. The van der Waals surface area contributed by atoms with Gasteiger partial charge in [0.1, 0.15) is 10.8 Å². The van der Waals surface area contributed by atoms with E-state index in [0.29, 0.717) is 19.4 Å². The second kappa shape index (κ2) is 9.00. The maximum atomic E-state index is 12.7. The van der Waals surface area contributed by atoms with E-state index in [1.54, 1.807) is 29.6 Å². The normalized spacial score (nSPS) is 26.9. The first kappa shape index (κ1) is 21.2. The molecule has 1 aromatic rings. The number of thioether (sulfide) groups is 2. The Labute approximate surface area is 185 Å². The van der Waals surface area contributed by atoms with Crippen LogP contribution in [0, 0.1) is 12.3 Å². The van der Waals surface area contributed by atoms with Crippen molar-refractivity contribution in [2.75, 3.05) is 25.1 Å². The fourth-order valence-corrected chi connectivity index (χ4v) is 6.53. The minimum absolute atomic E-state index is 0.0378. The number of benzene rings is 1. The summed E-state index contributed by atoms with van der Waals surface area (Å²) in [5.74, 6) is 4.50. The number of nitrogens with zero attached hydrogens (tertiary/aromatic N) is 4. The molecule has 1 amide bonds. The first-order valence-corrected chi connectivity index (χ1v) is 12.0. The molecule has 7 nitrogen and oxygen atoms in total. The molecule has 158 valence electrons. The Morgan fingerprint density at radius 1 is 1.37 bits per heavy atom. The van der Waals surface area contributed by atoms with E-state index in [9.17, 15) is 9.90 Å². The number of phenolic OH excluding ortho intramolecular Hbond substituents is 1. The molecule has 0 aromatic heterocycles. The number of amides is 1. The molecular formula is C21H25N5O2S2. The van der Waals surface area contributed by atoms with E-state index in [0.717, 1.165) is 28.5 Å². The van der Waals surface area contributed by atoms with Crippen molar-refractivity contribution in [1.29, 1.82) is 0 Å². The smallest absolute Gasteiger partial charge is 0.238 e. The van der Waals surface area contributed by atoms with Gasteiger partial charge in [0, 0.05) is 42.9 Å². The number of phenols is 1. The lowest BCUT2D eigenvalue weighted by Gasteiger charge is -2.26. The number of terminal acetylenes is 1. The molecule has 0 saturated carbocycles. The fourth-order valence-electron chi connectivity index (χ4n) is 3.75. The van der Waals surface area contributed by atoms with Crippen LogP contribution in [0.2, 0.25) is 0 Å². The summed E-state index contributed by atoms with van der Waals surface area (Å²) in [5.41, 5.74) is 0.410. The highest BCUT2D eigenvalue weighted by Gasteiger charge is 2.42. The van der Waals surface area contributed by atoms with Gasteiger partial charge < -0.3 is 10.4 Å². The van der Waals surface area contributed by atoms with E-state index in [1.165, 1.54) is 0 Å². The molecule has 3 aliphatic heterocycles. The Morgan fingerprint density at radius 3 is 2.90 bits per heavy atom. The van der Waals surface area contributed by atoms with Crippen LogP contribution in [0.25, 0.3) is 0 Å². The van der Waals surface area contributed by atoms with Crippen molar-refractivity contribution in [2.45, 2.75) is 42.4 Å². The van der Waals surface area contributed by atoms with Crippen molar-refractivity contribution in [3.8, 4) is 18.1 Å². The van der Waals surface area contributed by atoms with Crippen LogP contribution in [-0.2, 0) is 4.79 Å². The molecule has 3 aliphatic rings. The SMILES string of the molecule is C#CCCC1(CCNC(=O)[C@H]2CS[C@H]([C@H]3CSC(c4ccccc4O)=N3)N2C)N=N1. The second-order valence-electron chi connectivity index (χ2n) is 7.66. The lowest BCUT2D eigenvalue weighted by Crippen LogP contribution is -2.47. The van der Waals surface area contributed by atoms with E-state index in [2.05, 4.69) is 26.4 Å². The van der Waals surface area contributed by atoms with E-state index in [4.69, 9.17) is 11.4 Å². The maximum absolute atomic E-state index is 12.7. The second-order valence-corrected chi connectivity index (χ2v) is 9.82. The predicted octanol–water partition coefficient (Wildman–Crippen LogP) is 2.71. The van der Waals surface area contributed by atoms with Gasteiger partial charge in [0.05, 0.1) is 17.5 Å². The molecule has 0 bridgehead atoms. The first-order valence-electron chi connectivity index (χ1n) is 10.0. The zero-order valence-corrected chi connectivity index (χ0v) is 18.5. The van der Waals surface area contributed by atoms with Crippen molar-refractivity contribution in [1.82, 2.24) is 10.2 Å². The van der Waals surface area contributed by atoms with Gasteiger partial charge in [-0.25, -0.2) is 0 Å². The van der Waals surface area contributed by atoms with Gasteiger partial charge in [0.2, 0.25) is 5.91 Å². The van der Waals surface area contributed by atoms with Gasteiger partial charge >= 0.3 is 0 Å². The van der Waals surface area contributed by atoms with Gasteiger partial charge in [-0.05, 0) is 19.2 Å². The molecule has 0 unspecified atom stereocenters. The lowest BCUT2D eigenvalue weighted by atomic mass is 10.0. The van der Waals surface area contributed by atoms with Crippen LogP contribution in [0.3, 0.4) is 0 Å². The van der Waals surface area contributed by atoms with E-state index in [-0.39, 0.29) is 34.8 Å². The number of hydrogen-bond donors (Lipinski definition) is 2. The highest BCUT2D eigenvalue weighted by Crippen LogP contribution is 2.38. The zero-order valence-electron chi connectivity index (χ0n) is 16.8. The highest BCUT2D eigenvalue weighted by atomic mass is 32.2. The number of likely N-dealkylation sites (N-methyl/N-ethyl adjacent to an activating group) is 1. The third-order valence-electron chi connectivity index (χ3n) is 5.64. The standard InChI is InChI=1S/C21H25N5O2S2/c1-3-4-9-21(24-25-21)10-11-22-18(28)16-13-30-20(26(16)2)15-12-29-19(23-15)14-7-5-6-8-17(14)27/h1,5-8,15-16,20,27H,4,9-13H2,2H3,(H,22,28)/t15-,16-,20-/m1/s1. The van der Waals surface area contributed by atoms with Crippen molar-refractivity contribution < 1.29 is 9.90 Å². The minimum atomic E-state index is -0.367. The third kappa shape index (κ3) is 4.51. The molecule has 3 atom stereocenters. The Kier molecular flexibility index (Phi) is 6.37. The van der Waals surface area contributed by atoms with E-state index in [1.807, 2.05) is 25.2 Å². The number of aliphatic imine (C=N–C) groups is 1. The summed E-state index contributed by atoms with van der Waals surface area (Å²) in [4.78, 5) is 19.7. The minimum Gasteiger partial charge on any atom is -0.507 e. The van der Waals surface area contributed by atoms with Gasteiger partial charge in [0.25, 0.3) is 0 Å². The number of nitrogens with one attached hydrogen (secondary N) is 1. The van der Waals surface area contributed by atoms with Crippen molar-refractivity contribution >= 4 is 34.5 Å². The summed E-state index contributed by atoms with van der Waals surface area (Å²) in [6.45, 7) is 0.547. The van der Waals surface area contributed by atoms with Crippen LogP contribution in [0.15, 0.2) is 39.5 Å². The quantitative estimate of drug-likeness (QED) is 0.603. The molecule has 1 saturated heterocycles. The summed E-state index contributed by atoms with van der Waals surface area (Å²) in [6.07, 6.45) is 7.41. The molecular weight excluding hydrogens is 418 g/mol. The molecule has 0 radical (unpaired) electrons. The maximum Gasteiger partial charge on any atom is 0.238 e. The zero-order chi connectivity index (χ0) is 21.1. The number of aromatic hydroxyl groups is 1. The molecule has 9 heteroatoms. The van der Waals surface area contributed by atoms with Gasteiger partial charge in [-0.2, -0.15) is 10.2 Å². The topological polar surface area (TPSA) is 89.6 Å². The van der Waals surface area contributed by atoms with Crippen LogP contribution in [0.5, 0.6) is 5.75 Å². The average molecular weight is 444 g/mol. The van der Waals surface area contributed by atoms with Crippen LogP contribution in [0.4, 0.5) is 0 Å². The predicted molar refractivity (Wildman–Crippen MR) is 122 cm³/mol. The van der Waals surface area contributed by atoms with Crippen molar-refractivity contribution in [3.63, 3.8) is 0 Å². The summed E-state index contributed by atoms with van der Waals surface area (Å²) < 4.78 is 0. The largest absolute Gasteiger partial charge is 0.507 e. The van der Waals surface area contributed by atoms with Crippen molar-refractivity contribution in [2.24, 2.45) is 15.2 Å². The molecule has 30 heavy (non-hydrogen) atoms. The molecule has 0 aliphatic carbocycles. The number of para-hydroxylation sites is 1. The van der Waals surface area contributed by atoms with E-state index >= 15 is 0 Å². The van der Waals surface area contributed by atoms with Gasteiger partial charge in [-0.1, -0.05) is 12.1 Å². The molecule has 3 heterocycles. The summed E-state index contributed by atoms with van der Waals surface area (Å²) in [6, 6.07) is 7.20. The average Bonchev–Trinajstić information content (AvgIpc) is 3.15. The number of rotatable bonds is 8. The Morgan fingerprint density at radius 2 is 2.17 bits per heavy atom. The Balaban J connectivity index is 1.30. The van der Waals surface area contributed by atoms with Crippen LogP contribution in [-0.4, -0.2) is 69.2 Å². The fraction of sp³-hybridized carbons (Fsp3) is 0.524. The molecule has 2 N–H and O–H groups in total. The van der Waals surface area contributed by atoms with Gasteiger partial charge in [-0.15, -0.1) is 35.9 Å². The molecule has 1 fully saturated rings. The van der Waals surface area contributed by atoms with Crippen molar-refractivity contribution in [3.05, 3.63) is 29.8 Å². The lowest BCUT2D eigenvalue weighted by molar-refractivity contribution is -0.125. The van der Waals surface area contributed by atoms with Crippen LogP contribution >= 0.6 is 23.5 Å². The highest BCUT2D eigenvalue weighted by molar-refractivity contribution is 8.14. The number of carbonyl (C=O) groups is 1. The Hall–Kier alpha value is -2.02. The van der Waals surface area contributed by atoms with Crippen LogP contribution in [0.1, 0.15) is 24.8 Å².